The average Bonchev–Trinajstić information content (AvgIpc) is 2.32. The van der Waals surface area contributed by atoms with E-state index >= 15 is 0 Å². The van der Waals surface area contributed by atoms with Crippen LogP contribution in [0.4, 0.5) is 18.9 Å². The third-order valence-corrected chi connectivity index (χ3v) is 2.43. The lowest BCUT2D eigenvalue weighted by molar-refractivity contribution is -0.137. The number of nitrogen functional groups attached to an aromatic ring is 1. The molecule has 0 atom stereocenters. The van der Waals surface area contributed by atoms with Gasteiger partial charge in [-0.3, -0.25) is 0 Å². The lowest BCUT2D eigenvalue weighted by Crippen LogP contribution is -2.04. The predicted octanol–water partition coefficient (Wildman–Crippen LogP) is 3.78. The molecule has 1 aromatic carbocycles. The van der Waals surface area contributed by atoms with Crippen LogP contribution in [0.5, 0.6) is 11.6 Å². The summed E-state index contributed by atoms with van der Waals surface area (Å²) in [5.74, 6) is 0.309. The van der Waals surface area contributed by atoms with Crippen LogP contribution in [0.1, 0.15) is 11.1 Å². The van der Waals surface area contributed by atoms with Gasteiger partial charge in [-0.15, -0.1) is 0 Å². The molecular weight excluding hydrogens is 257 g/mol. The summed E-state index contributed by atoms with van der Waals surface area (Å²) >= 11 is 0. The van der Waals surface area contributed by atoms with Crippen molar-refractivity contribution < 1.29 is 17.9 Å². The zero-order chi connectivity index (χ0) is 14.0. The van der Waals surface area contributed by atoms with E-state index in [-0.39, 0.29) is 11.6 Å². The Hall–Kier alpha value is -2.24. The van der Waals surface area contributed by atoms with Crippen molar-refractivity contribution in [1.29, 1.82) is 0 Å². The Morgan fingerprint density at radius 2 is 1.95 bits per heavy atom. The largest absolute Gasteiger partial charge is 0.439 e. The van der Waals surface area contributed by atoms with Crippen molar-refractivity contribution in [2.24, 2.45) is 0 Å². The molecular formula is C13H11F3N2O. The molecule has 2 N–H and O–H groups in total. The lowest BCUT2D eigenvalue weighted by Gasteiger charge is -2.10. The van der Waals surface area contributed by atoms with Crippen molar-refractivity contribution in [3.63, 3.8) is 0 Å². The number of hydrogen-bond donors (Lipinski definition) is 1. The van der Waals surface area contributed by atoms with Crippen LogP contribution in [0.25, 0.3) is 0 Å². The Balaban J connectivity index is 2.29. The fourth-order valence-electron chi connectivity index (χ4n) is 1.54. The Morgan fingerprint density at radius 1 is 1.21 bits per heavy atom. The van der Waals surface area contributed by atoms with Crippen LogP contribution >= 0.6 is 0 Å². The molecule has 0 aliphatic carbocycles. The van der Waals surface area contributed by atoms with Crippen molar-refractivity contribution in [3.05, 3.63) is 47.7 Å². The van der Waals surface area contributed by atoms with Crippen LogP contribution in [0.3, 0.4) is 0 Å². The number of anilines is 1. The number of pyridine rings is 1. The van der Waals surface area contributed by atoms with E-state index in [0.29, 0.717) is 11.3 Å². The predicted molar refractivity (Wildman–Crippen MR) is 64.9 cm³/mol. The van der Waals surface area contributed by atoms with E-state index in [2.05, 4.69) is 4.98 Å². The van der Waals surface area contributed by atoms with Gasteiger partial charge in [0.2, 0.25) is 5.88 Å². The number of rotatable bonds is 2. The number of hydrogen-bond acceptors (Lipinski definition) is 3. The Kier molecular flexibility index (Phi) is 3.33. The van der Waals surface area contributed by atoms with Crippen molar-refractivity contribution in [3.8, 4) is 11.6 Å². The molecule has 0 fully saturated rings. The SMILES string of the molecule is Cc1cc(N)cnc1Oc1cccc(C(F)(F)F)c1. The smallest absolute Gasteiger partial charge is 0.416 e. The number of ether oxygens (including phenoxy) is 1. The second kappa shape index (κ2) is 4.79. The quantitative estimate of drug-likeness (QED) is 0.901. The van der Waals surface area contributed by atoms with Gasteiger partial charge in [-0.1, -0.05) is 6.07 Å². The third-order valence-electron chi connectivity index (χ3n) is 2.43. The normalized spacial score (nSPS) is 11.4. The highest BCUT2D eigenvalue weighted by Crippen LogP contribution is 2.32. The molecule has 0 aliphatic heterocycles. The van der Waals surface area contributed by atoms with Crippen LogP contribution in [-0.2, 0) is 6.18 Å². The molecule has 0 amide bonds. The maximum absolute atomic E-state index is 12.6. The van der Waals surface area contributed by atoms with Crippen LogP contribution in [0, 0.1) is 6.92 Å². The van der Waals surface area contributed by atoms with Gasteiger partial charge in [-0.25, -0.2) is 4.98 Å². The first-order chi connectivity index (χ1) is 8.86. The van der Waals surface area contributed by atoms with Gasteiger partial charge in [-0.2, -0.15) is 13.2 Å². The maximum Gasteiger partial charge on any atom is 0.416 e. The molecule has 0 saturated heterocycles. The van der Waals surface area contributed by atoms with Gasteiger partial charge in [0.25, 0.3) is 0 Å². The first-order valence-corrected chi connectivity index (χ1v) is 5.43. The monoisotopic (exact) mass is 268 g/mol. The van der Waals surface area contributed by atoms with E-state index in [1.54, 1.807) is 13.0 Å². The van der Waals surface area contributed by atoms with Gasteiger partial charge in [-0.05, 0) is 31.2 Å². The van der Waals surface area contributed by atoms with E-state index in [1.807, 2.05) is 0 Å². The topological polar surface area (TPSA) is 48.1 Å². The summed E-state index contributed by atoms with van der Waals surface area (Å²) in [7, 11) is 0. The van der Waals surface area contributed by atoms with Crippen LogP contribution in [0.2, 0.25) is 0 Å². The number of nitrogens with two attached hydrogens (primary N) is 1. The fourth-order valence-corrected chi connectivity index (χ4v) is 1.54. The zero-order valence-corrected chi connectivity index (χ0v) is 10.0. The molecule has 0 spiro atoms. The van der Waals surface area contributed by atoms with Gasteiger partial charge in [0.15, 0.2) is 0 Å². The van der Waals surface area contributed by atoms with E-state index in [9.17, 15) is 13.2 Å². The van der Waals surface area contributed by atoms with Gasteiger partial charge in [0.05, 0.1) is 17.4 Å². The molecule has 19 heavy (non-hydrogen) atoms. The first-order valence-electron chi connectivity index (χ1n) is 5.43. The number of nitrogens with zero attached hydrogens (tertiary/aromatic N) is 1. The molecule has 1 heterocycles. The van der Waals surface area contributed by atoms with Crippen LogP contribution in [0.15, 0.2) is 36.5 Å². The molecule has 1 aromatic heterocycles. The number of halogens is 3. The number of aryl methyl sites for hydroxylation is 1. The summed E-state index contributed by atoms with van der Waals surface area (Å²) in [4.78, 5) is 3.94. The Bertz CT molecular complexity index is 597. The van der Waals surface area contributed by atoms with E-state index in [1.165, 1.54) is 18.3 Å². The minimum atomic E-state index is -4.40. The molecule has 0 unspecified atom stereocenters. The van der Waals surface area contributed by atoms with Crippen molar-refractivity contribution in [2.45, 2.75) is 13.1 Å². The molecule has 0 saturated carbocycles. The third kappa shape index (κ3) is 3.15. The average molecular weight is 268 g/mol. The summed E-state index contributed by atoms with van der Waals surface area (Å²) in [5, 5.41) is 0. The maximum atomic E-state index is 12.6. The summed E-state index contributed by atoms with van der Waals surface area (Å²) in [5.41, 5.74) is 5.89. The highest BCUT2D eigenvalue weighted by atomic mass is 19.4. The van der Waals surface area contributed by atoms with Crippen molar-refractivity contribution >= 4 is 5.69 Å². The summed E-state index contributed by atoms with van der Waals surface area (Å²) in [6, 6.07) is 6.26. The summed E-state index contributed by atoms with van der Waals surface area (Å²) in [6.45, 7) is 1.71. The summed E-state index contributed by atoms with van der Waals surface area (Å²) < 4.78 is 43.0. The lowest BCUT2D eigenvalue weighted by atomic mass is 10.2. The summed E-state index contributed by atoms with van der Waals surface area (Å²) in [6.07, 6.45) is -3.01. The minimum Gasteiger partial charge on any atom is -0.439 e. The van der Waals surface area contributed by atoms with Crippen molar-refractivity contribution in [1.82, 2.24) is 4.98 Å². The van der Waals surface area contributed by atoms with Gasteiger partial charge in [0.1, 0.15) is 5.75 Å². The first kappa shape index (κ1) is 13.2. The van der Waals surface area contributed by atoms with Gasteiger partial charge in [0, 0.05) is 5.56 Å². The molecule has 0 radical (unpaired) electrons. The molecule has 6 heteroatoms. The van der Waals surface area contributed by atoms with Gasteiger partial charge >= 0.3 is 6.18 Å². The van der Waals surface area contributed by atoms with Crippen LogP contribution < -0.4 is 10.5 Å². The van der Waals surface area contributed by atoms with E-state index in [0.717, 1.165) is 12.1 Å². The second-order valence-corrected chi connectivity index (χ2v) is 4.02. The fraction of sp³-hybridized carbons (Fsp3) is 0.154. The zero-order valence-electron chi connectivity index (χ0n) is 10.0. The Labute approximate surface area is 107 Å². The Morgan fingerprint density at radius 3 is 2.58 bits per heavy atom. The van der Waals surface area contributed by atoms with Crippen LogP contribution in [-0.4, -0.2) is 4.98 Å². The highest BCUT2D eigenvalue weighted by Gasteiger charge is 2.30. The molecule has 3 nitrogen and oxygen atoms in total. The van der Waals surface area contributed by atoms with E-state index in [4.69, 9.17) is 10.5 Å². The number of aromatic nitrogens is 1. The minimum absolute atomic E-state index is 0.0789. The molecule has 2 rings (SSSR count). The molecule has 0 bridgehead atoms. The van der Waals surface area contributed by atoms with E-state index < -0.39 is 11.7 Å². The molecule has 100 valence electrons. The highest BCUT2D eigenvalue weighted by molar-refractivity contribution is 5.43. The molecule has 2 aromatic rings. The second-order valence-electron chi connectivity index (χ2n) is 4.02. The van der Waals surface area contributed by atoms with Gasteiger partial charge < -0.3 is 10.5 Å². The standard InChI is InChI=1S/C13H11F3N2O/c1-8-5-10(17)7-18-12(8)19-11-4-2-3-9(6-11)13(14,15)16/h2-7H,17H2,1H3. The number of benzene rings is 1. The number of alkyl halides is 3. The van der Waals surface area contributed by atoms with Crippen molar-refractivity contribution in [2.75, 3.05) is 5.73 Å². The molecule has 0 aliphatic rings.